The zero-order chi connectivity index (χ0) is 23.1. The molecular weight excluding hydrogens is 450 g/mol. The Hall–Kier alpha value is -2.26. The molecule has 1 aliphatic heterocycles. The Morgan fingerprint density at radius 3 is 2.44 bits per heavy atom. The molecule has 5 aliphatic rings. The van der Waals surface area contributed by atoms with Gasteiger partial charge >= 0.3 is 0 Å². The van der Waals surface area contributed by atoms with Crippen molar-refractivity contribution in [2.24, 2.45) is 23.2 Å². The van der Waals surface area contributed by atoms with Crippen LogP contribution in [-0.2, 0) is 16.1 Å². The Morgan fingerprint density at radius 2 is 1.79 bits per heavy atom. The molecule has 2 aromatic heterocycles. The largest absolute Gasteiger partial charge is 0.347 e. The molecule has 7 rings (SSSR count). The van der Waals surface area contributed by atoms with Crippen LogP contribution in [-0.4, -0.2) is 64.5 Å². The molecule has 34 heavy (non-hydrogen) atoms. The van der Waals surface area contributed by atoms with E-state index in [2.05, 4.69) is 20.4 Å². The van der Waals surface area contributed by atoms with Gasteiger partial charge < -0.3 is 14.7 Å². The molecule has 9 heteroatoms. The minimum atomic E-state index is 0.0104. The van der Waals surface area contributed by atoms with Crippen molar-refractivity contribution in [1.82, 2.24) is 25.3 Å². The topological polar surface area (TPSA) is 91.6 Å². The van der Waals surface area contributed by atoms with Crippen molar-refractivity contribution in [3.8, 4) is 10.7 Å². The first kappa shape index (κ1) is 22.2. The van der Waals surface area contributed by atoms with Crippen LogP contribution in [0.1, 0.15) is 50.8 Å². The van der Waals surface area contributed by atoms with Gasteiger partial charge in [0.25, 0.3) is 0 Å². The zero-order valence-corrected chi connectivity index (χ0v) is 20.4. The summed E-state index contributed by atoms with van der Waals surface area (Å²) in [6, 6.07) is 3.95. The van der Waals surface area contributed by atoms with E-state index in [-0.39, 0.29) is 23.8 Å². The Morgan fingerprint density at radius 1 is 1.09 bits per heavy atom. The zero-order valence-electron chi connectivity index (χ0n) is 19.6. The van der Waals surface area contributed by atoms with Crippen LogP contribution in [0.25, 0.3) is 10.7 Å². The summed E-state index contributed by atoms with van der Waals surface area (Å²) >= 11 is 1.59. The van der Waals surface area contributed by atoms with Crippen LogP contribution in [0.4, 0.5) is 0 Å². The average molecular weight is 484 g/mol. The van der Waals surface area contributed by atoms with Crippen LogP contribution in [0.15, 0.2) is 22.0 Å². The molecule has 5 fully saturated rings. The number of aromatic nitrogens is 2. The van der Waals surface area contributed by atoms with Gasteiger partial charge in [-0.3, -0.25) is 14.5 Å². The van der Waals surface area contributed by atoms with Crippen molar-refractivity contribution in [3.05, 3.63) is 23.4 Å². The lowest BCUT2D eigenvalue weighted by Gasteiger charge is -2.56. The summed E-state index contributed by atoms with van der Waals surface area (Å²) in [6.45, 7) is 3.50. The smallest absolute Gasteiger partial charge is 0.242 e. The van der Waals surface area contributed by atoms with Crippen molar-refractivity contribution in [2.45, 2.75) is 51.5 Å². The van der Waals surface area contributed by atoms with Gasteiger partial charge in [-0.25, -0.2) is 0 Å². The van der Waals surface area contributed by atoms with E-state index in [1.54, 1.807) is 11.3 Å². The maximum absolute atomic E-state index is 12.7. The number of amides is 2. The standard InChI is InChI=1S/C25H33N5O3S/c31-21(14-25-11-17-8-18(12-25)10-19(9-17)13-25)26-15-23(32)30-5-3-29(4-6-30)16-22-27-24(28-33-22)20-2-1-7-34-20/h1-2,7,17-19H,3-6,8-16H2,(H,26,31). The number of piperazine rings is 1. The Labute approximate surface area is 204 Å². The molecule has 0 radical (unpaired) electrons. The summed E-state index contributed by atoms with van der Waals surface area (Å²) in [5.74, 6) is 3.82. The maximum Gasteiger partial charge on any atom is 0.242 e. The summed E-state index contributed by atoms with van der Waals surface area (Å²) < 4.78 is 5.41. The highest BCUT2D eigenvalue weighted by atomic mass is 32.1. The van der Waals surface area contributed by atoms with Crippen LogP contribution in [0, 0.1) is 23.2 Å². The summed E-state index contributed by atoms with van der Waals surface area (Å²) in [6.07, 6.45) is 8.41. The fourth-order valence-electron chi connectivity index (χ4n) is 7.37. The number of hydrogen-bond donors (Lipinski definition) is 1. The minimum Gasteiger partial charge on any atom is -0.347 e. The highest BCUT2D eigenvalue weighted by molar-refractivity contribution is 7.13. The summed E-state index contributed by atoms with van der Waals surface area (Å²) in [5, 5.41) is 9.01. The highest BCUT2D eigenvalue weighted by Gasteiger charge is 2.51. The van der Waals surface area contributed by atoms with E-state index in [1.807, 2.05) is 22.4 Å². The van der Waals surface area contributed by atoms with E-state index in [9.17, 15) is 9.59 Å². The predicted octanol–water partition coefficient (Wildman–Crippen LogP) is 3.17. The first-order valence-electron chi connectivity index (χ1n) is 12.7. The third-order valence-electron chi connectivity index (χ3n) is 8.43. The molecule has 8 nitrogen and oxygen atoms in total. The summed E-state index contributed by atoms with van der Waals surface area (Å²) in [4.78, 5) is 35.0. The second-order valence-electron chi connectivity index (χ2n) is 11.0. The molecule has 0 aromatic carbocycles. The second-order valence-corrected chi connectivity index (χ2v) is 12.0. The van der Waals surface area contributed by atoms with E-state index in [0.29, 0.717) is 37.8 Å². The van der Waals surface area contributed by atoms with Crippen molar-refractivity contribution >= 4 is 23.2 Å². The normalized spacial score (nSPS) is 30.6. The number of nitrogens with one attached hydrogen (secondary N) is 1. The van der Waals surface area contributed by atoms with Crippen LogP contribution in [0.3, 0.4) is 0 Å². The van der Waals surface area contributed by atoms with Crippen LogP contribution in [0.5, 0.6) is 0 Å². The van der Waals surface area contributed by atoms with E-state index in [1.165, 1.54) is 38.5 Å². The number of hydrogen-bond acceptors (Lipinski definition) is 7. The SMILES string of the molecule is O=C(CC12CC3CC(CC(C3)C1)C2)NCC(=O)N1CCN(Cc2nc(-c3cccs3)no2)CC1. The first-order chi connectivity index (χ1) is 16.5. The monoisotopic (exact) mass is 483 g/mol. The molecule has 2 amide bonds. The molecule has 1 N–H and O–H groups in total. The fourth-order valence-corrected chi connectivity index (χ4v) is 8.02. The second kappa shape index (κ2) is 9.07. The van der Waals surface area contributed by atoms with E-state index < -0.39 is 0 Å². The third-order valence-corrected chi connectivity index (χ3v) is 9.30. The molecule has 4 saturated carbocycles. The van der Waals surface area contributed by atoms with Gasteiger partial charge in [-0.2, -0.15) is 4.98 Å². The predicted molar refractivity (Wildman–Crippen MR) is 128 cm³/mol. The molecule has 182 valence electrons. The van der Waals surface area contributed by atoms with E-state index in [4.69, 9.17) is 4.52 Å². The molecule has 0 atom stereocenters. The van der Waals surface area contributed by atoms with Gasteiger partial charge in [-0.15, -0.1) is 11.3 Å². The quantitative estimate of drug-likeness (QED) is 0.651. The summed E-state index contributed by atoms with van der Waals surface area (Å²) in [5.41, 5.74) is 0.214. The van der Waals surface area contributed by atoms with E-state index >= 15 is 0 Å². The van der Waals surface area contributed by atoms with Gasteiger partial charge in [0.15, 0.2) is 0 Å². The minimum absolute atomic E-state index is 0.0104. The number of carbonyl (C=O) groups is 2. The van der Waals surface area contributed by atoms with Gasteiger partial charge in [0.05, 0.1) is 18.0 Å². The number of thiophene rings is 1. The number of rotatable bonds is 7. The molecule has 1 saturated heterocycles. The molecule has 2 aromatic rings. The van der Waals surface area contributed by atoms with Gasteiger partial charge in [-0.1, -0.05) is 11.2 Å². The Bertz CT molecular complexity index is 992. The molecule has 3 heterocycles. The maximum atomic E-state index is 12.7. The Balaban J connectivity index is 0.936. The molecule has 0 spiro atoms. The number of carbonyl (C=O) groups excluding carboxylic acids is 2. The molecule has 4 bridgehead atoms. The van der Waals surface area contributed by atoms with E-state index in [0.717, 1.165) is 35.7 Å². The molecule has 0 unspecified atom stereocenters. The molecule has 4 aliphatic carbocycles. The fraction of sp³-hybridized carbons (Fsp3) is 0.680. The highest BCUT2D eigenvalue weighted by Crippen LogP contribution is 2.61. The Kier molecular flexibility index (Phi) is 5.93. The average Bonchev–Trinajstić information content (AvgIpc) is 3.49. The van der Waals surface area contributed by atoms with Crippen molar-refractivity contribution in [1.29, 1.82) is 0 Å². The lowest BCUT2D eigenvalue weighted by atomic mass is 9.49. The van der Waals surface area contributed by atoms with Crippen molar-refractivity contribution in [2.75, 3.05) is 32.7 Å². The van der Waals surface area contributed by atoms with Crippen LogP contribution >= 0.6 is 11.3 Å². The third kappa shape index (κ3) is 4.64. The van der Waals surface area contributed by atoms with Gasteiger partial charge in [0.2, 0.25) is 23.5 Å². The lowest BCUT2D eigenvalue weighted by molar-refractivity contribution is -0.136. The van der Waals surface area contributed by atoms with Crippen LogP contribution in [0.2, 0.25) is 0 Å². The van der Waals surface area contributed by atoms with Crippen molar-refractivity contribution in [3.63, 3.8) is 0 Å². The molecular formula is C25H33N5O3S. The van der Waals surface area contributed by atoms with Gasteiger partial charge in [-0.05, 0) is 73.1 Å². The first-order valence-corrected chi connectivity index (χ1v) is 13.5. The lowest BCUT2D eigenvalue weighted by Crippen LogP contribution is -2.51. The van der Waals surface area contributed by atoms with Gasteiger partial charge in [0, 0.05) is 32.6 Å². The number of nitrogens with zero attached hydrogens (tertiary/aromatic N) is 4. The van der Waals surface area contributed by atoms with Gasteiger partial charge in [0.1, 0.15) is 0 Å². The summed E-state index contributed by atoms with van der Waals surface area (Å²) in [7, 11) is 0. The van der Waals surface area contributed by atoms with Crippen LogP contribution < -0.4 is 5.32 Å². The van der Waals surface area contributed by atoms with Crippen molar-refractivity contribution < 1.29 is 14.1 Å².